The molecule has 2 atom stereocenters. The van der Waals surface area contributed by atoms with Crippen molar-refractivity contribution < 1.29 is 0 Å². The second-order valence-corrected chi connectivity index (χ2v) is 6.36. The minimum Gasteiger partial charge on any atom is -0.307 e. The second kappa shape index (κ2) is 3.51. The van der Waals surface area contributed by atoms with E-state index in [2.05, 4.69) is 37.5 Å². The number of hydrogen-bond acceptors (Lipinski definition) is 2. The summed E-state index contributed by atoms with van der Waals surface area (Å²) in [6.45, 7) is 6.81. The van der Waals surface area contributed by atoms with Crippen LogP contribution in [0.25, 0.3) is 0 Å². The molecule has 0 amide bonds. The average Bonchev–Trinajstić information content (AvgIpc) is 2.52. The molecule has 78 valence electrons. The van der Waals surface area contributed by atoms with E-state index in [0.29, 0.717) is 17.5 Å². The average molecular weight is 230 g/mol. The molecule has 1 fully saturated rings. The highest BCUT2D eigenvalue weighted by molar-refractivity contribution is 7.14. The van der Waals surface area contributed by atoms with Crippen molar-refractivity contribution in [2.75, 3.05) is 0 Å². The molecule has 1 aliphatic rings. The molecule has 14 heavy (non-hydrogen) atoms. The molecule has 0 radical (unpaired) electrons. The molecule has 3 heteroatoms. The van der Waals surface area contributed by atoms with Gasteiger partial charge in [-0.3, -0.25) is 0 Å². The largest absolute Gasteiger partial charge is 0.307 e. The molecule has 1 aromatic rings. The van der Waals surface area contributed by atoms with E-state index in [0.717, 1.165) is 4.34 Å². The molecule has 0 saturated heterocycles. The van der Waals surface area contributed by atoms with Crippen LogP contribution in [-0.4, -0.2) is 6.04 Å². The van der Waals surface area contributed by atoms with E-state index in [4.69, 9.17) is 11.6 Å². The molecule has 0 aromatic carbocycles. The topological polar surface area (TPSA) is 12.0 Å². The van der Waals surface area contributed by atoms with Crippen LogP contribution in [0.4, 0.5) is 0 Å². The first kappa shape index (κ1) is 10.5. The Morgan fingerprint density at radius 3 is 2.71 bits per heavy atom. The number of hydrogen-bond donors (Lipinski definition) is 1. The van der Waals surface area contributed by atoms with Crippen LogP contribution in [0.5, 0.6) is 0 Å². The summed E-state index contributed by atoms with van der Waals surface area (Å²) in [7, 11) is 0. The van der Waals surface area contributed by atoms with Crippen LogP contribution >= 0.6 is 22.9 Å². The lowest BCUT2D eigenvalue weighted by Crippen LogP contribution is -2.23. The molecule has 1 aromatic heterocycles. The zero-order valence-electron chi connectivity index (χ0n) is 8.80. The van der Waals surface area contributed by atoms with Crippen LogP contribution < -0.4 is 5.32 Å². The Morgan fingerprint density at radius 2 is 2.29 bits per heavy atom. The molecule has 1 aliphatic carbocycles. The summed E-state index contributed by atoms with van der Waals surface area (Å²) < 4.78 is 0.878. The van der Waals surface area contributed by atoms with Crippen LogP contribution in [0.3, 0.4) is 0 Å². The van der Waals surface area contributed by atoms with Gasteiger partial charge in [0.25, 0.3) is 0 Å². The smallest absolute Gasteiger partial charge is 0.0931 e. The highest BCUT2D eigenvalue weighted by atomic mass is 35.5. The zero-order valence-corrected chi connectivity index (χ0v) is 10.4. The van der Waals surface area contributed by atoms with Crippen molar-refractivity contribution in [1.82, 2.24) is 5.32 Å². The summed E-state index contributed by atoms with van der Waals surface area (Å²) in [5.41, 5.74) is 1.80. The molecule has 1 N–H and O–H groups in total. The maximum atomic E-state index is 5.90. The predicted octanol–water partition coefficient (Wildman–Crippen LogP) is 3.85. The van der Waals surface area contributed by atoms with Gasteiger partial charge in [-0.2, -0.15) is 0 Å². The van der Waals surface area contributed by atoms with Gasteiger partial charge in [0, 0.05) is 12.1 Å². The molecule has 0 bridgehead atoms. The van der Waals surface area contributed by atoms with Gasteiger partial charge in [-0.1, -0.05) is 25.4 Å². The van der Waals surface area contributed by atoms with Gasteiger partial charge < -0.3 is 5.32 Å². The summed E-state index contributed by atoms with van der Waals surface area (Å²) >= 11 is 7.51. The minimum absolute atomic E-state index is 0.422. The maximum absolute atomic E-state index is 5.90. The third-order valence-electron chi connectivity index (χ3n) is 3.05. The Kier molecular flexibility index (Phi) is 2.63. The Balaban J connectivity index is 1.94. The Bertz CT molecular complexity index is 332. The molecule has 0 spiro atoms. The number of thiophene rings is 1. The molecule has 0 aliphatic heterocycles. The van der Waals surface area contributed by atoms with Gasteiger partial charge in [-0.15, -0.1) is 11.3 Å². The summed E-state index contributed by atoms with van der Waals surface area (Å²) in [4.78, 5) is 0. The van der Waals surface area contributed by atoms with E-state index < -0.39 is 0 Å². The molecule has 2 unspecified atom stereocenters. The lowest BCUT2D eigenvalue weighted by atomic mass is 10.1. The number of nitrogens with one attached hydrogen (secondary N) is 1. The normalized spacial score (nSPS) is 26.1. The predicted molar refractivity (Wildman–Crippen MR) is 63.1 cm³/mol. The number of rotatable bonds is 3. The lowest BCUT2D eigenvalue weighted by molar-refractivity contribution is 0.492. The fourth-order valence-electron chi connectivity index (χ4n) is 1.70. The van der Waals surface area contributed by atoms with Gasteiger partial charge in [0.05, 0.1) is 4.34 Å². The monoisotopic (exact) mass is 229 g/mol. The van der Waals surface area contributed by atoms with Crippen molar-refractivity contribution in [1.29, 1.82) is 0 Å². The molecule has 1 heterocycles. The Hall–Kier alpha value is -0.0500. The van der Waals surface area contributed by atoms with Crippen molar-refractivity contribution >= 4 is 22.9 Å². The van der Waals surface area contributed by atoms with E-state index in [1.807, 2.05) is 0 Å². The fourth-order valence-corrected chi connectivity index (χ4v) is 2.68. The maximum Gasteiger partial charge on any atom is 0.0931 e. The van der Waals surface area contributed by atoms with Gasteiger partial charge in [-0.05, 0) is 35.8 Å². The zero-order chi connectivity index (χ0) is 10.3. The summed E-state index contributed by atoms with van der Waals surface area (Å²) in [5, 5.41) is 5.76. The van der Waals surface area contributed by atoms with E-state index >= 15 is 0 Å². The van der Waals surface area contributed by atoms with Crippen molar-refractivity contribution in [2.45, 2.75) is 39.3 Å². The highest BCUT2D eigenvalue weighted by Crippen LogP contribution is 2.45. The van der Waals surface area contributed by atoms with Crippen molar-refractivity contribution in [3.63, 3.8) is 0 Å². The minimum atomic E-state index is 0.422. The van der Waals surface area contributed by atoms with Gasteiger partial charge >= 0.3 is 0 Å². The van der Waals surface area contributed by atoms with E-state index in [1.54, 1.807) is 11.3 Å². The van der Waals surface area contributed by atoms with Gasteiger partial charge in [-0.25, -0.2) is 0 Å². The SMILES string of the molecule is CC(NC1CC1(C)C)c1csc(Cl)c1. The van der Waals surface area contributed by atoms with Crippen LogP contribution in [0.15, 0.2) is 11.4 Å². The quantitative estimate of drug-likeness (QED) is 0.830. The van der Waals surface area contributed by atoms with E-state index in [9.17, 15) is 0 Å². The highest BCUT2D eigenvalue weighted by Gasteiger charge is 2.45. The third-order valence-corrected chi connectivity index (χ3v) is 4.16. The molecule has 1 nitrogen and oxygen atoms in total. The van der Waals surface area contributed by atoms with Crippen molar-refractivity contribution in [2.24, 2.45) is 5.41 Å². The summed E-state index contributed by atoms with van der Waals surface area (Å²) in [6, 6.07) is 3.15. The van der Waals surface area contributed by atoms with Gasteiger partial charge in [0.2, 0.25) is 0 Å². The second-order valence-electron chi connectivity index (χ2n) is 4.82. The lowest BCUT2D eigenvalue weighted by Gasteiger charge is -2.13. The van der Waals surface area contributed by atoms with Crippen molar-refractivity contribution in [3.8, 4) is 0 Å². The van der Waals surface area contributed by atoms with Crippen molar-refractivity contribution in [3.05, 3.63) is 21.3 Å². The van der Waals surface area contributed by atoms with E-state index in [-0.39, 0.29) is 0 Å². The number of halogens is 1. The first-order valence-corrected chi connectivity index (χ1v) is 6.25. The van der Waals surface area contributed by atoms with E-state index in [1.165, 1.54) is 12.0 Å². The summed E-state index contributed by atoms with van der Waals surface area (Å²) in [5.74, 6) is 0. The van der Waals surface area contributed by atoms with Crippen LogP contribution in [-0.2, 0) is 0 Å². The molecular formula is C11H16ClNS. The van der Waals surface area contributed by atoms with Crippen LogP contribution in [0, 0.1) is 5.41 Å². The molecular weight excluding hydrogens is 214 g/mol. The first-order valence-electron chi connectivity index (χ1n) is 4.99. The third kappa shape index (κ3) is 2.13. The molecule has 2 rings (SSSR count). The first-order chi connectivity index (χ1) is 6.49. The fraction of sp³-hybridized carbons (Fsp3) is 0.636. The van der Waals surface area contributed by atoms with Gasteiger partial charge in [0.1, 0.15) is 0 Å². The Morgan fingerprint density at radius 1 is 1.64 bits per heavy atom. The van der Waals surface area contributed by atoms with Crippen LogP contribution in [0.2, 0.25) is 4.34 Å². The van der Waals surface area contributed by atoms with Crippen LogP contribution in [0.1, 0.15) is 38.8 Å². The molecule has 1 saturated carbocycles. The standard InChI is InChI=1S/C11H16ClNS/c1-7(8-4-10(12)14-6-8)13-9-5-11(9,2)3/h4,6-7,9,13H,5H2,1-3H3. The Labute approximate surface area is 94.5 Å². The summed E-state index contributed by atoms with van der Waals surface area (Å²) in [6.07, 6.45) is 1.29. The van der Waals surface area contributed by atoms with Gasteiger partial charge in [0.15, 0.2) is 0 Å².